The van der Waals surface area contributed by atoms with Crippen LogP contribution in [0.25, 0.3) is 0 Å². The van der Waals surface area contributed by atoms with Gasteiger partial charge in [-0.2, -0.15) is 5.10 Å². The molecular weight excluding hydrogens is 266 g/mol. The van der Waals surface area contributed by atoms with Gasteiger partial charge in [-0.15, -0.1) is 5.10 Å². The molecule has 0 spiro atoms. The monoisotopic (exact) mass is 281 g/mol. The van der Waals surface area contributed by atoms with Gasteiger partial charge >= 0.3 is 12.0 Å². The van der Waals surface area contributed by atoms with Crippen molar-refractivity contribution in [3.63, 3.8) is 0 Å². The Hall–Kier alpha value is -2.29. The zero-order valence-electron chi connectivity index (χ0n) is 11.1. The molecule has 2 rings (SSSR count). The third-order valence-electron chi connectivity index (χ3n) is 3.14. The van der Waals surface area contributed by atoms with Crippen LogP contribution in [0.2, 0.25) is 0 Å². The number of amides is 2. The number of hydrogen-bond donors (Lipinski definition) is 3. The van der Waals surface area contributed by atoms with Gasteiger partial charge in [0.1, 0.15) is 6.04 Å². The largest absolute Gasteiger partial charge is 0.480 e. The van der Waals surface area contributed by atoms with Gasteiger partial charge in [0, 0.05) is 13.0 Å². The predicted octanol–water partition coefficient (Wildman–Crippen LogP) is -0.460. The SMILES string of the molecule is Cc1nnc(NC(=O)N2C[C@H](O)C[C@H]2C(=O)O)nc1C. The lowest BCUT2D eigenvalue weighted by atomic mass is 10.2. The van der Waals surface area contributed by atoms with Gasteiger partial charge in [-0.25, -0.2) is 14.6 Å². The van der Waals surface area contributed by atoms with Gasteiger partial charge in [0.2, 0.25) is 0 Å². The summed E-state index contributed by atoms with van der Waals surface area (Å²) in [6.07, 6.45) is -0.838. The summed E-state index contributed by atoms with van der Waals surface area (Å²) in [4.78, 5) is 28.1. The molecule has 2 amide bonds. The Morgan fingerprint density at radius 3 is 2.60 bits per heavy atom. The van der Waals surface area contributed by atoms with Crippen molar-refractivity contribution in [2.24, 2.45) is 0 Å². The first-order valence-electron chi connectivity index (χ1n) is 6.05. The first kappa shape index (κ1) is 14.1. The van der Waals surface area contributed by atoms with Crippen LogP contribution in [0.3, 0.4) is 0 Å². The minimum Gasteiger partial charge on any atom is -0.480 e. The third kappa shape index (κ3) is 2.82. The Kier molecular flexibility index (Phi) is 3.79. The molecule has 3 N–H and O–H groups in total. The maximum Gasteiger partial charge on any atom is 0.326 e. The van der Waals surface area contributed by atoms with Crippen LogP contribution in [0.5, 0.6) is 0 Å². The first-order chi connectivity index (χ1) is 9.38. The molecule has 2 atom stereocenters. The van der Waals surface area contributed by atoms with Gasteiger partial charge in [-0.1, -0.05) is 0 Å². The van der Waals surface area contributed by atoms with Gasteiger partial charge in [0.25, 0.3) is 5.95 Å². The van der Waals surface area contributed by atoms with Crippen molar-refractivity contribution in [1.29, 1.82) is 0 Å². The van der Waals surface area contributed by atoms with E-state index >= 15 is 0 Å². The standard InChI is InChI=1S/C11H15N5O4/c1-5-6(2)14-15-10(12-5)13-11(20)16-4-7(17)3-8(16)9(18)19/h7-8,17H,3-4H2,1-2H3,(H,18,19)(H,12,13,15,20)/t7-,8+/m1/s1. The number of nitrogens with zero attached hydrogens (tertiary/aromatic N) is 4. The van der Waals surface area contributed by atoms with E-state index in [2.05, 4.69) is 20.5 Å². The number of β-amino-alcohol motifs (C(OH)–C–C–N with tert-alkyl or cyclic N) is 1. The van der Waals surface area contributed by atoms with Crippen LogP contribution in [-0.4, -0.2) is 61.0 Å². The van der Waals surface area contributed by atoms with Gasteiger partial charge in [0.05, 0.1) is 17.5 Å². The number of nitrogens with one attached hydrogen (secondary N) is 1. The Bertz CT molecular complexity index is 550. The van der Waals surface area contributed by atoms with Crippen molar-refractivity contribution in [3.05, 3.63) is 11.4 Å². The highest BCUT2D eigenvalue weighted by molar-refractivity contribution is 5.91. The number of aromatic nitrogens is 3. The molecule has 1 saturated heterocycles. The van der Waals surface area contributed by atoms with Crippen LogP contribution < -0.4 is 5.32 Å². The van der Waals surface area contributed by atoms with Crippen molar-refractivity contribution in [2.75, 3.05) is 11.9 Å². The number of carboxylic acid groups (broad SMARTS) is 1. The number of hydrogen-bond acceptors (Lipinski definition) is 6. The minimum atomic E-state index is -1.16. The van der Waals surface area contributed by atoms with E-state index in [4.69, 9.17) is 5.11 Å². The number of aryl methyl sites for hydroxylation is 2. The number of aliphatic hydroxyl groups excluding tert-OH is 1. The maximum atomic E-state index is 12.0. The lowest BCUT2D eigenvalue weighted by Gasteiger charge is -2.20. The molecule has 1 fully saturated rings. The average Bonchev–Trinajstić information content (AvgIpc) is 2.76. The molecule has 0 radical (unpaired) electrons. The summed E-state index contributed by atoms with van der Waals surface area (Å²) in [5, 5.41) is 28.4. The Labute approximate surface area is 114 Å². The molecule has 9 nitrogen and oxygen atoms in total. The van der Waals surface area contributed by atoms with E-state index in [0.29, 0.717) is 11.4 Å². The number of rotatable bonds is 2. The molecule has 1 aromatic heterocycles. The van der Waals surface area contributed by atoms with Crippen LogP contribution in [0.1, 0.15) is 17.8 Å². The fraction of sp³-hybridized carbons (Fsp3) is 0.545. The summed E-state index contributed by atoms with van der Waals surface area (Å²) in [7, 11) is 0. The molecule has 1 aliphatic heterocycles. The topological polar surface area (TPSA) is 129 Å². The third-order valence-corrected chi connectivity index (χ3v) is 3.14. The molecule has 0 saturated carbocycles. The van der Waals surface area contributed by atoms with E-state index in [1.54, 1.807) is 13.8 Å². The van der Waals surface area contributed by atoms with Crippen LogP contribution in [-0.2, 0) is 4.79 Å². The summed E-state index contributed by atoms with van der Waals surface area (Å²) in [6, 6.07) is -1.72. The molecule has 20 heavy (non-hydrogen) atoms. The van der Waals surface area contributed by atoms with E-state index in [1.165, 1.54) is 0 Å². The summed E-state index contributed by atoms with van der Waals surface area (Å²) < 4.78 is 0. The molecular formula is C11H15N5O4. The molecule has 9 heteroatoms. The van der Waals surface area contributed by atoms with Crippen molar-refractivity contribution in [1.82, 2.24) is 20.1 Å². The van der Waals surface area contributed by atoms with E-state index in [1.807, 2.05) is 0 Å². The van der Waals surface area contributed by atoms with Crippen molar-refractivity contribution < 1.29 is 19.8 Å². The normalized spacial score (nSPS) is 21.9. The highest BCUT2D eigenvalue weighted by Gasteiger charge is 2.39. The Balaban J connectivity index is 2.11. The maximum absolute atomic E-state index is 12.0. The summed E-state index contributed by atoms with van der Waals surface area (Å²) in [5.74, 6) is -1.15. The van der Waals surface area contributed by atoms with Crippen molar-refractivity contribution in [2.45, 2.75) is 32.4 Å². The quantitative estimate of drug-likeness (QED) is 0.669. The van der Waals surface area contributed by atoms with Gasteiger partial charge in [-0.3, -0.25) is 5.32 Å². The van der Waals surface area contributed by atoms with E-state index in [0.717, 1.165) is 4.90 Å². The van der Waals surface area contributed by atoms with E-state index in [9.17, 15) is 14.7 Å². The fourth-order valence-corrected chi connectivity index (χ4v) is 1.95. The van der Waals surface area contributed by atoms with Gasteiger partial charge in [0.15, 0.2) is 0 Å². The highest BCUT2D eigenvalue weighted by atomic mass is 16.4. The number of aliphatic hydroxyl groups is 1. The summed E-state index contributed by atoms with van der Waals surface area (Å²) >= 11 is 0. The highest BCUT2D eigenvalue weighted by Crippen LogP contribution is 2.19. The number of carbonyl (C=O) groups excluding carboxylic acids is 1. The number of aliphatic carboxylic acids is 1. The lowest BCUT2D eigenvalue weighted by molar-refractivity contribution is -0.141. The fourth-order valence-electron chi connectivity index (χ4n) is 1.95. The molecule has 0 aliphatic carbocycles. The number of carbonyl (C=O) groups is 2. The smallest absolute Gasteiger partial charge is 0.326 e. The zero-order chi connectivity index (χ0) is 14.9. The van der Waals surface area contributed by atoms with Crippen molar-refractivity contribution in [3.8, 4) is 0 Å². The van der Waals surface area contributed by atoms with E-state index in [-0.39, 0.29) is 18.9 Å². The van der Waals surface area contributed by atoms with Gasteiger partial charge in [-0.05, 0) is 13.8 Å². The number of carboxylic acids is 1. The number of anilines is 1. The molecule has 0 aromatic carbocycles. The molecule has 2 heterocycles. The van der Waals surface area contributed by atoms with E-state index < -0.39 is 24.1 Å². The van der Waals surface area contributed by atoms with Crippen LogP contribution in [0.15, 0.2) is 0 Å². The number of urea groups is 1. The predicted molar refractivity (Wildman–Crippen MR) is 67.1 cm³/mol. The van der Waals surface area contributed by atoms with Crippen molar-refractivity contribution >= 4 is 17.9 Å². The zero-order valence-corrected chi connectivity index (χ0v) is 11.1. The molecule has 0 bridgehead atoms. The van der Waals surface area contributed by atoms with Crippen LogP contribution >= 0.6 is 0 Å². The molecule has 1 aromatic rings. The van der Waals surface area contributed by atoms with Gasteiger partial charge < -0.3 is 15.1 Å². The van der Waals surface area contributed by atoms with Crippen LogP contribution in [0.4, 0.5) is 10.7 Å². The minimum absolute atomic E-state index is 0.00336. The average molecular weight is 281 g/mol. The molecule has 108 valence electrons. The van der Waals surface area contributed by atoms with Crippen LogP contribution in [0, 0.1) is 13.8 Å². The lowest BCUT2D eigenvalue weighted by Crippen LogP contribution is -2.43. The molecule has 0 unspecified atom stereocenters. The second kappa shape index (κ2) is 5.37. The second-order valence-electron chi connectivity index (χ2n) is 4.63. The first-order valence-corrected chi connectivity index (χ1v) is 6.05. The second-order valence-corrected chi connectivity index (χ2v) is 4.63. The molecule has 1 aliphatic rings. The number of likely N-dealkylation sites (tertiary alicyclic amines) is 1. The summed E-state index contributed by atoms with van der Waals surface area (Å²) in [6.45, 7) is 3.42. The summed E-state index contributed by atoms with van der Waals surface area (Å²) in [5.41, 5.74) is 1.26. The Morgan fingerprint density at radius 2 is 2.00 bits per heavy atom. The Morgan fingerprint density at radius 1 is 1.30 bits per heavy atom.